The topological polar surface area (TPSA) is 61.4 Å². The summed E-state index contributed by atoms with van der Waals surface area (Å²) in [6.45, 7) is 3.06. The summed E-state index contributed by atoms with van der Waals surface area (Å²) in [6, 6.07) is 3.53. The van der Waals surface area contributed by atoms with E-state index in [1.54, 1.807) is 11.8 Å². The molecule has 0 unspecified atom stereocenters. The first-order chi connectivity index (χ1) is 9.47. The van der Waals surface area contributed by atoms with Crippen molar-refractivity contribution in [2.45, 2.75) is 13.0 Å². The SMILES string of the molecule is C[C@@H](C(=O)Nc1ccc(F)c(Cl)c1)N1CCNC(=O)C1. The Morgan fingerprint density at radius 2 is 2.30 bits per heavy atom. The molecule has 1 heterocycles. The summed E-state index contributed by atoms with van der Waals surface area (Å²) >= 11 is 5.66. The Morgan fingerprint density at radius 3 is 2.95 bits per heavy atom. The fraction of sp³-hybridized carbons (Fsp3) is 0.385. The molecule has 2 N–H and O–H groups in total. The van der Waals surface area contributed by atoms with Crippen LogP contribution in [0.5, 0.6) is 0 Å². The third-order valence-electron chi connectivity index (χ3n) is 3.18. The van der Waals surface area contributed by atoms with Crippen LogP contribution in [0.25, 0.3) is 0 Å². The number of hydrogen-bond donors (Lipinski definition) is 2. The average Bonchev–Trinajstić information content (AvgIpc) is 2.42. The molecule has 1 aliphatic rings. The lowest BCUT2D eigenvalue weighted by atomic mass is 10.2. The molecular weight excluding hydrogens is 285 g/mol. The average molecular weight is 300 g/mol. The fourth-order valence-electron chi connectivity index (χ4n) is 1.98. The number of piperazine rings is 1. The normalized spacial score (nSPS) is 17.4. The maximum Gasteiger partial charge on any atom is 0.241 e. The predicted molar refractivity (Wildman–Crippen MR) is 74.1 cm³/mol. The number of nitrogens with one attached hydrogen (secondary N) is 2. The Kier molecular flexibility index (Phi) is 4.57. The van der Waals surface area contributed by atoms with Crippen LogP contribution in [0.15, 0.2) is 18.2 Å². The Hall–Kier alpha value is -1.66. The number of rotatable bonds is 3. The molecule has 1 fully saturated rings. The summed E-state index contributed by atoms with van der Waals surface area (Å²) in [5.74, 6) is -0.895. The number of carbonyl (C=O) groups excluding carboxylic acids is 2. The van der Waals surface area contributed by atoms with E-state index < -0.39 is 11.9 Å². The molecule has 0 radical (unpaired) electrons. The summed E-state index contributed by atoms with van der Waals surface area (Å²) in [7, 11) is 0. The quantitative estimate of drug-likeness (QED) is 0.883. The lowest BCUT2D eigenvalue weighted by Gasteiger charge is -2.31. The van der Waals surface area contributed by atoms with Gasteiger partial charge in [0, 0.05) is 18.8 Å². The molecule has 1 atom stereocenters. The molecule has 7 heteroatoms. The van der Waals surface area contributed by atoms with Crippen LogP contribution >= 0.6 is 11.6 Å². The van der Waals surface area contributed by atoms with Crippen molar-refractivity contribution in [1.29, 1.82) is 0 Å². The summed E-state index contributed by atoms with van der Waals surface area (Å²) in [5.41, 5.74) is 0.426. The number of anilines is 1. The van der Waals surface area contributed by atoms with Gasteiger partial charge in [0.15, 0.2) is 0 Å². The van der Waals surface area contributed by atoms with E-state index in [1.807, 2.05) is 0 Å². The van der Waals surface area contributed by atoms with Crippen molar-refractivity contribution in [2.24, 2.45) is 0 Å². The summed E-state index contributed by atoms with van der Waals surface area (Å²) in [6.07, 6.45) is 0. The van der Waals surface area contributed by atoms with Crippen LogP contribution in [0, 0.1) is 5.82 Å². The summed E-state index contributed by atoms with van der Waals surface area (Å²) in [5, 5.41) is 5.31. The molecule has 1 aromatic carbocycles. The number of nitrogens with zero attached hydrogens (tertiary/aromatic N) is 1. The Balaban J connectivity index is 1.99. The number of halogens is 2. The van der Waals surface area contributed by atoms with Crippen LogP contribution in [0.2, 0.25) is 5.02 Å². The minimum Gasteiger partial charge on any atom is -0.354 e. The van der Waals surface area contributed by atoms with Gasteiger partial charge in [0.2, 0.25) is 11.8 Å². The minimum absolute atomic E-state index is 0.0483. The Labute approximate surface area is 121 Å². The third kappa shape index (κ3) is 3.46. The number of carbonyl (C=O) groups is 2. The van der Waals surface area contributed by atoms with Crippen molar-refractivity contribution >= 4 is 29.1 Å². The van der Waals surface area contributed by atoms with Gasteiger partial charge < -0.3 is 10.6 Å². The highest BCUT2D eigenvalue weighted by molar-refractivity contribution is 6.31. The summed E-state index contributed by atoms with van der Waals surface area (Å²) in [4.78, 5) is 25.2. The number of benzene rings is 1. The van der Waals surface area contributed by atoms with Gasteiger partial charge in [-0.3, -0.25) is 14.5 Å². The largest absolute Gasteiger partial charge is 0.354 e. The van der Waals surface area contributed by atoms with Crippen molar-refractivity contribution in [1.82, 2.24) is 10.2 Å². The van der Waals surface area contributed by atoms with E-state index in [0.717, 1.165) is 0 Å². The molecule has 0 saturated carbocycles. The van der Waals surface area contributed by atoms with Crippen molar-refractivity contribution in [3.05, 3.63) is 29.0 Å². The zero-order valence-electron chi connectivity index (χ0n) is 11.0. The van der Waals surface area contributed by atoms with E-state index in [9.17, 15) is 14.0 Å². The van der Waals surface area contributed by atoms with Crippen molar-refractivity contribution < 1.29 is 14.0 Å². The first kappa shape index (κ1) is 14.7. The van der Waals surface area contributed by atoms with E-state index >= 15 is 0 Å². The number of hydrogen-bond acceptors (Lipinski definition) is 3. The lowest BCUT2D eigenvalue weighted by molar-refractivity contribution is -0.127. The first-order valence-corrected chi connectivity index (χ1v) is 6.62. The lowest BCUT2D eigenvalue weighted by Crippen LogP contribution is -2.53. The van der Waals surface area contributed by atoms with Crippen molar-refractivity contribution in [2.75, 3.05) is 25.0 Å². The molecule has 0 spiro atoms. The maximum absolute atomic E-state index is 13.0. The third-order valence-corrected chi connectivity index (χ3v) is 3.47. The first-order valence-electron chi connectivity index (χ1n) is 6.24. The molecule has 0 aliphatic carbocycles. The molecule has 5 nitrogen and oxygen atoms in total. The van der Waals surface area contributed by atoms with E-state index in [0.29, 0.717) is 18.8 Å². The van der Waals surface area contributed by atoms with E-state index in [-0.39, 0.29) is 23.4 Å². The van der Waals surface area contributed by atoms with Crippen LogP contribution in [0.3, 0.4) is 0 Å². The van der Waals surface area contributed by atoms with Gasteiger partial charge in [0.1, 0.15) is 5.82 Å². The van der Waals surface area contributed by atoms with Crippen LogP contribution < -0.4 is 10.6 Å². The molecule has 2 rings (SSSR count). The molecule has 20 heavy (non-hydrogen) atoms. The molecule has 0 bridgehead atoms. The fourth-order valence-corrected chi connectivity index (χ4v) is 2.16. The number of amides is 2. The van der Waals surface area contributed by atoms with Crippen molar-refractivity contribution in [3.8, 4) is 0 Å². The van der Waals surface area contributed by atoms with Gasteiger partial charge in [0.25, 0.3) is 0 Å². The van der Waals surface area contributed by atoms with Crippen molar-refractivity contribution in [3.63, 3.8) is 0 Å². The maximum atomic E-state index is 13.0. The van der Waals surface area contributed by atoms with Gasteiger partial charge in [0.05, 0.1) is 17.6 Å². The molecule has 1 aromatic rings. The molecule has 1 saturated heterocycles. The van der Waals surface area contributed by atoms with E-state index in [1.165, 1.54) is 18.2 Å². The molecule has 108 valence electrons. The second-order valence-corrected chi connectivity index (χ2v) is 5.02. The zero-order valence-corrected chi connectivity index (χ0v) is 11.7. The van der Waals surface area contributed by atoms with Gasteiger partial charge in [-0.2, -0.15) is 0 Å². The van der Waals surface area contributed by atoms with Gasteiger partial charge in [-0.05, 0) is 25.1 Å². The highest BCUT2D eigenvalue weighted by Gasteiger charge is 2.26. The minimum atomic E-state index is -0.537. The predicted octanol–water partition coefficient (Wildman–Crippen LogP) is 1.24. The van der Waals surface area contributed by atoms with Crippen LogP contribution in [-0.4, -0.2) is 42.4 Å². The Bertz CT molecular complexity index is 538. The van der Waals surface area contributed by atoms with E-state index in [4.69, 9.17) is 11.6 Å². The summed E-state index contributed by atoms with van der Waals surface area (Å²) < 4.78 is 13.0. The van der Waals surface area contributed by atoms with Crippen LogP contribution in [-0.2, 0) is 9.59 Å². The highest BCUT2D eigenvalue weighted by Crippen LogP contribution is 2.19. The van der Waals surface area contributed by atoms with Crippen LogP contribution in [0.4, 0.5) is 10.1 Å². The van der Waals surface area contributed by atoms with Gasteiger partial charge >= 0.3 is 0 Å². The molecule has 1 aliphatic heterocycles. The van der Waals surface area contributed by atoms with Gasteiger partial charge in [-0.1, -0.05) is 11.6 Å². The second-order valence-electron chi connectivity index (χ2n) is 4.61. The smallest absolute Gasteiger partial charge is 0.241 e. The monoisotopic (exact) mass is 299 g/mol. The second kappa shape index (κ2) is 6.19. The zero-order chi connectivity index (χ0) is 14.7. The van der Waals surface area contributed by atoms with Crippen LogP contribution in [0.1, 0.15) is 6.92 Å². The Morgan fingerprint density at radius 1 is 1.55 bits per heavy atom. The van der Waals surface area contributed by atoms with Gasteiger partial charge in [-0.15, -0.1) is 0 Å². The van der Waals surface area contributed by atoms with Gasteiger partial charge in [-0.25, -0.2) is 4.39 Å². The van der Waals surface area contributed by atoms with E-state index in [2.05, 4.69) is 10.6 Å². The molecular formula is C13H15ClFN3O2. The molecule has 0 aromatic heterocycles. The molecule has 2 amide bonds. The highest BCUT2D eigenvalue weighted by atomic mass is 35.5. The standard InChI is InChI=1S/C13H15ClFN3O2/c1-8(18-5-4-16-12(19)7-18)13(20)17-9-2-3-11(15)10(14)6-9/h2-3,6,8H,4-5,7H2,1H3,(H,16,19)(H,17,20)/t8-/m0/s1.